The maximum atomic E-state index is 10.9. The number of benzene rings is 1. The molecule has 1 N–H and O–H groups in total. The Morgan fingerprint density at radius 2 is 1.95 bits per heavy atom. The quantitative estimate of drug-likeness (QED) is 0.612. The maximum Gasteiger partial charge on any atom is 0.272 e. The zero-order valence-corrected chi connectivity index (χ0v) is 12.0. The normalized spacial score (nSPS) is 18.5. The molecule has 1 aromatic rings. The van der Waals surface area contributed by atoms with Crippen LogP contribution >= 0.6 is 0 Å². The average molecular weight is 274 g/mol. The van der Waals surface area contributed by atoms with E-state index in [2.05, 4.69) is 5.32 Å². The van der Waals surface area contributed by atoms with Crippen molar-refractivity contribution < 1.29 is 4.92 Å². The summed E-state index contributed by atoms with van der Waals surface area (Å²) in [5.74, 6) is 2.73. The zero-order valence-electron chi connectivity index (χ0n) is 12.0. The van der Waals surface area contributed by atoms with Crippen LogP contribution in [0, 0.1) is 34.8 Å². The number of hydrogen-bond donors (Lipinski definition) is 1. The van der Waals surface area contributed by atoms with Gasteiger partial charge in [0.25, 0.3) is 5.69 Å². The van der Waals surface area contributed by atoms with E-state index in [-0.39, 0.29) is 10.6 Å². The van der Waals surface area contributed by atoms with Crippen molar-refractivity contribution in [1.82, 2.24) is 5.32 Å². The van der Waals surface area contributed by atoms with Crippen LogP contribution < -0.4 is 5.32 Å². The largest absolute Gasteiger partial charge is 0.312 e. The van der Waals surface area contributed by atoms with Crippen LogP contribution in [0.25, 0.3) is 0 Å². The highest BCUT2D eigenvalue weighted by atomic mass is 16.6. The summed E-state index contributed by atoms with van der Waals surface area (Å²) in [4.78, 5) is 10.6. The Kier molecular flexibility index (Phi) is 3.74. The molecule has 1 aromatic carbocycles. The fourth-order valence-electron chi connectivity index (χ4n) is 3.20. The van der Waals surface area contributed by atoms with E-state index in [4.69, 9.17) is 0 Å². The van der Waals surface area contributed by atoms with Crippen LogP contribution in [0.4, 0.5) is 5.69 Å². The van der Waals surface area contributed by atoms with Gasteiger partial charge in [0, 0.05) is 18.2 Å². The van der Waals surface area contributed by atoms with Gasteiger partial charge < -0.3 is 5.32 Å². The smallest absolute Gasteiger partial charge is 0.272 e. The topological polar surface area (TPSA) is 55.2 Å². The fourth-order valence-corrected chi connectivity index (χ4v) is 3.20. The van der Waals surface area contributed by atoms with Gasteiger partial charge in [-0.15, -0.1) is 0 Å². The second-order valence-electron chi connectivity index (χ2n) is 6.29. The Morgan fingerprint density at radius 1 is 1.30 bits per heavy atom. The number of hydrogen-bond acceptors (Lipinski definition) is 3. The molecule has 2 aliphatic rings. The summed E-state index contributed by atoms with van der Waals surface area (Å²) in [6, 6.07) is 5.34. The molecule has 0 aliphatic heterocycles. The monoisotopic (exact) mass is 274 g/mol. The van der Waals surface area contributed by atoms with Gasteiger partial charge in [-0.2, -0.15) is 0 Å². The highest BCUT2D eigenvalue weighted by Crippen LogP contribution is 2.48. The molecule has 0 aromatic heterocycles. The van der Waals surface area contributed by atoms with Crippen molar-refractivity contribution in [1.29, 1.82) is 0 Å². The SMILES string of the molecule is Cc1c(CNCC(C2CC2)C2CC2)cccc1[N+](=O)[O-]. The molecule has 2 aliphatic carbocycles. The molecule has 0 unspecified atom stereocenters. The van der Waals surface area contributed by atoms with Crippen LogP contribution in [0.1, 0.15) is 36.8 Å². The summed E-state index contributed by atoms with van der Waals surface area (Å²) in [6.07, 6.45) is 5.61. The third kappa shape index (κ3) is 3.01. The summed E-state index contributed by atoms with van der Waals surface area (Å²) < 4.78 is 0. The lowest BCUT2D eigenvalue weighted by Gasteiger charge is -2.16. The minimum Gasteiger partial charge on any atom is -0.312 e. The van der Waals surface area contributed by atoms with E-state index in [1.807, 2.05) is 13.0 Å². The molecule has 0 heterocycles. The molecule has 4 nitrogen and oxygen atoms in total. The first-order chi connectivity index (χ1) is 9.66. The predicted octanol–water partition coefficient (Wildman–Crippen LogP) is 3.43. The van der Waals surface area contributed by atoms with Gasteiger partial charge in [0.1, 0.15) is 0 Å². The molecule has 0 amide bonds. The van der Waals surface area contributed by atoms with Gasteiger partial charge in [0.2, 0.25) is 0 Å². The third-order valence-electron chi connectivity index (χ3n) is 4.76. The molecule has 0 radical (unpaired) electrons. The molecule has 0 saturated heterocycles. The zero-order chi connectivity index (χ0) is 14.1. The van der Waals surface area contributed by atoms with Crippen molar-refractivity contribution in [3.63, 3.8) is 0 Å². The van der Waals surface area contributed by atoms with Gasteiger partial charge in [-0.25, -0.2) is 0 Å². The van der Waals surface area contributed by atoms with E-state index < -0.39 is 0 Å². The highest BCUT2D eigenvalue weighted by molar-refractivity contribution is 5.44. The van der Waals surface area contributed by atoms with Crippen molar-refractivity contribution in [2.24, 2.45) is 17.8 Å². The van der Waals surface area contributed by atoms with E-state index in [1.165, 1.54) is 25.7 Å². The van der Waals surface area contributed by atoms with Gasteiger partial charge in [0.15, 0.2) is 0 Å². The molecule has 108 valence electrons. The van der Waals surface area contributed by atoms with Crippen LogP contribution in [0.3, 0.4) is 0 Å². The summed E-state index contributed by atoms with van der Waals surface area (Å²) in [7, 11) is 0. The lowest BCUT2D eigenvalue weighted by molar-refractivity contribution is -0.385. The molecule has 20 heavy (non-hydrogen) atoms. The van der Waals surface area contributed by atoms with E-state index >= 15 is 0 Å². The molecule has 2 fully saturated rings. The molecule has 0 spiro atoms. The Hall–Kier alpha value is -1.42. The summed E-state index contributed by atoms with van der Waals surface area (Å²) in [6.45, 7) is 3.65. The molecule has 2 saturated carbocycles. The van der Waals surface area contributed by atoms with Crippen molar-refractivity contribution in [2.75, 3.05) is 6.54 Å². The summed E-state index contributed by atoms with van der Waals surface area (Å²) in [5.41, 5.74) is 2.06. The number of nitrogens with one attached hydrogen (secondary N) is 1. The van der Waals surface area contributed by atoms with Gasteiger partial charge in [-0.05, 0) is 62.5 Å². The number of nitro groups is 1. The lowest BCUT2D eigenvalue weighted by Crippen LogP contribution is -2.25. The Labute approximate surface area is 119 Å². The Bertz CT molecular complexity index is 495. The van der Waals surface area contributed by atoms with Crippen molar-refractivity contribution in [2.45, 2.75) is 39.2 Å². The predicted molar refractivity (Wildman–Crippen MR) is 78.5 cm³/mol. The first kappa shape index (κ1) is 13.6. The molecule has 3 rings (SSSR count). The van der Waals surface area contributed by atoms with E-state index in [9.17, 15) is 10.1 Å². The first-order valence-corrected chi connectivity index (χ1v) is 7.60. The minimum atomic E-state index is -0.296. The number of nitrogens with zero attached hydrogens (tertiary/aromatic N) is 1. The fraction of sp³-hybridized carbons (Fsp3) is 0.625. The maximum absolute atomic E-state index is 10.9. The van der Waals surface area contributed by atoms with Crippen LogP contribution in [0.2, 0.25) is 0 Å². The van der Waals surface area contributed by atoms with Crippen molar-refractivity contribution >= 4 is 5.69 Å². The van der Waals surface area contributed by atoms with Gasteiger partial charge >= 0.3 is 0 Å². The van der Waals surface area contributed by atoms with E-state index in [0.717, 1.165) is 42.0 Å². The second-order valence-corrected chi connectivity index (χ2v) is 6.29. The van der Waals surface area contributed by atoms with E-state index in [0.29, 0.717) is 0 Å². The highest BCUT2D eigenvalue weighted by Gasteiger charge is 2.40. The second kappa shape index (κ2) is 5.52. The average Bonchev–Trinajstić information content (AvgIpc) is 3.27. The lowest BCUT2D eigenvalue weighted by atomic mass is 9.97. The van der Waals surface area contributed by atoms with Crippen LogP contribution in [-0.4, -0.2) is 11.5 Å². The van der Waals surface area contributed by atoms with Crippen LogP contribution in [0.5, 0.6) is 0 Å². The molecular formula is C16H22N2O2. The van der Waals surface area contributed by atoms with Crippen LogP contribution in [-0.2, 0) is 6.54 Å². The van der Waals surface area contributed by atoms with E-state index in [1.54, 1.807) is 12.1 Å². The van der Waals surface area contributed by atoms with Gasteiger partial charge in [-0.3, -0.25) is 10.1 Å². The molecule has 4 heteroatoms. The molecule has 0 bridgehead atoms. The molecular weight excluding hydrogens is 252 g/mol. The Balaban J connectivity index is 1.57. The standard InChI is InChI=1S/C16H22N2O2/c1-11-14(3-2-4-16(11)18(19)20)9-17-10-15(12-5-6-12)13-7-8-13/h2-4,12-13,15,17H,5-10H2,1H3. The summed E-state index contributed by atoms with van der Waals surface area (Å²) in [5, 5.41) is 14.5. The number of rotatable bonds is 7. The number of nitro benzene ring substituents is 1. The van der Waals surface area contributed by atoms with Crippen molar-refractivity contribution in [3.8, 4) is 0 Å². The molecule has 0 atom stereocenters. The summed E-state index contributed by atoms with van der Waals surface area (Å²) >= 11 is 0. The minimum absolute atomic E-state index is 0.227. The third-order valence-corrected chi connectivity index (χ3v) is 4.76. The van der Waals surface area contributed by atoms with Gasteiger partial charge in [-0.1, -0.05) is 12.1 Å². The van der Waals surface area contributed by atoms with Crippen LogP contribution in [0.15, 0.2) is 18.2 Å². The van der Waals surface area contributed by atoms with Gasteiger partial charge in [0.05, 0.1) is 4.92 Å². The van der Waals surface area contributed by atoms with Crippen molar-refractivity contribution in [3.05, 3.63) is 39.4 Å². The Morgan fingerprint density at radius 3 is 2.50 bits per heavy atom. The first-order valence-electron chi connectivity index (χ1n) is 7.60.